The summed E-state index contributed by atoms with van der Waals surface area (Å²) in [7, 11) is 0. The summed E-state index contributed by atoms with van der Waals surface area (Å²) in [6.45, 7) is 17.1. The average Bonchev–Trinajstić information content (AvgIpc) is 3.25. The third kappa shape index (κ3) is 6.95. The Labute approximate surface area is 282 Å². The molecule has 1 aromatic carbocycles. The van der Waals surface area contributed by atoms with Crippen LogP contribution >= 0.6 is 0 Å². The third-order valence-corrected chi connectivity index (χ3v) is 10.2. The molecular formula is C35H50N6O7. The van der Waals surface area contributed by atoms with Gasteiger partial charge in [0.05, 0.1) is 29.8 Å². The quantitative estimate of drug-likeness (QED) is 0.206. The first-order valence-corrected chi connectivity index (χ1v) is 16.6. The molecule has 0 spiro atoms. The largest absolute Gasteiger partial charge is 0.363 e. The number of benzene rings is 1. The Balaban J connectivity index is 1.53. The number of carbonyl (C=O) groups excluding carboxylic acids is 7. The van der Waals surface area contributed by atoms with E-state index < -0.39 is 76.3 Å². The second kappa shape index (κ2) is 13.0. The maximum Gasteiger partial charge on any atom is 0.315 e. The number of piperidine rings is 1. The molecule has 2 heterocycles. The third-order valence-electron chi connectivity index (χ3n) is 10.2. The fourth-order valence-corrected chi connectivity index (χ4v) is 7.07. The lowest BCUT2D eigenvalue weighted by Gasteiger charge is -2.39. The molecule has 0 bridgehead atoms. The van der Waals surface area contributed by atoms with E-state index >= 15 is 0 Å². The zero-order valence-electron chi connectivity index (χ0n) is 29.4. The molecule has 7 amide bonds. The van der Waals surface area contributed by atoms with Gasteiger partial charge in [0.1, 0.15) is 12.1 Å². The number of nitrogens with one attached hydrogen (secondary N) is 3. The van der Waals surface area contributed by atoms with Crippen LogP contribution in [0.4, 0.5) is 4.79 Å². The smallest absolute Gasteiger partial charge is 0.315 e. The van der Waals surface area contributed by atoms with Crippen LogP contribution in [0.25, 0.3) is 0 Å². The number of urea groups is 1. The summed E-state index contributed by atoms with van der Waals surface area (Å²) in [6.07, 6.45) is 0.732. The van der Waals surface area contributed by atoms with Gasteiger partial charge in [0.25, 0.3) is 17.7 Å². The number of ketones is 1. The predicted molar refractivity (Wildman–Crippen MR) is 177 cm³/mol. The van der Waals surface area contributed by atoms with Crippen LogP contribution in [0.1, 0.15) is 95.9 Å². The molecule has 5 N–H and O–H groups in total. The monoisotopic (exact) mass is 666 g/mol. The van der Waals surface area contributed by atoms with Crippen molar-refractivity contribution in [3.05, 3.63) is 35.4 Å². The first-order valence-electron chi connectivity index (χ1n) is 16.6. The van der Waals surface area contributed by atoms with Crippen LogP contribution in [0.3, 0.4) is 0 Å². The van der Waals surface area contributed by atoms with E-state index in [9.17, 15) is 33.6 Å². The van der Waals surface area contributed by atoms with Crippen molar-refractivity contribution in [2.45, 2.75) is 99.3 Å². The van der Waals surface area contributed by atoms with Crippen LogP contribution in [-0.4, -0.2) is 88.4 Å². The summed E-state index contributed by atoms with van der Waals surface area (Å²) in [5.41, 5.74) is 4.26. The van der Waals surface area contributed by atoms with Crippen molar-refractivity contribution in [3.63, 3.8) is 0 Å². The van der Waals surface area contributed by atoms with Crippen molar-refractivity contribution in [3.8, 4) is 0 Å². The van der Waals surface area contributed by atoms with Gasteiger partial charge in [-0.05, 0) is 46.6 Å². The highest BCUT2D eigenvalue weighted by atomic mass is 16.2. The van der Waals surface area contributed by atoms with Crippen LogP contribution in [0.2, 0.25) is 0 Å². The lowest BCUT2D eigenvalue weighted by atomic mass is 9.85. The summed E-state index contributed by atoms with van der Waals surface area (Å²) >= 11 is 0. The number of rotatable bonds is 11. The number of hydrogen-bond donors (Lipinski definition) is 4. The molecule has 3 aliphatic rings. The van der Waals surface area contributed by atoms with Gasteiger partial charge in [0.2, 0.25) is 17.6 Å². The minimum absolute atomic E-state index is 0.0352. The SMILES string of the molecule is CCCC(NC(=O)[C@@H]1[C@@H]2[C@H](CN1C(=O)[C@@H](NC(=O)N[C@H](CN1C(=O)c3ccccc3C1=O)C(C)(C)C)C(C)(C)C)C2(C)C)C(=O)C(N)=O. The Morgan fingerprint density at radius 2 is 1.48 bits per heavy atom. The molecule has 0 radical (unpaired) electrons. The zero-order chi connectivity index (χ0) is 36.1. The molecule has 13 nitrogen and oxygen atoms in total. The van der Waals surface area contributed by atoms with E-state index in [0.29, 0.717) is 17.5 Å². The van der Waals surface area contributed by atoms with E-state index in [1.165, 1.54) is 4.90 Å². The Hall–Kier alpha value is -4.29. The predicted octanol–water partition coefficient (Wildman–Crippen LogP) is 2.23. The topological polar surface area (TPSA) is 188 Å². The van der Waals surface area contributed by atoms with Crippen molar-refractivity contribution < 1.29 is 33.6 Å². The van der Waals surface area contributed by atoms with E-state index in [2.05, 4.69) is 16.0 Å². The number of hydrogen-bond acceptors (Lipinski definition) is 7. The molecule has 48 heavy (non-hydrogen) atoms. The van der Waals surface area contributed by atoms with Crippen molar-refractivity contribution in [1.82, 2.24) is 25.8 Å². The molecule has 1 saturated carbocycles. The number of nitrogens with zero attached hydrogens (tertiary/aromatic N) is 2. The molecular weight excluding hydrogens is 616 g/mol. The highest BCUT2D eigenvalue weighted by Gasteiger charge is 2.70. The molecule has 1 unspecified atom stereocenters. The van der Waals surface area contributed by atoms with Crippen LogP contribution < -0.4 is 21.7 Å². The number of likely N-dealkylation sites (tertiary alicyclic amines) is 1. The first kappa shape index (κ1) is 36.5. The minimum Gasteiger partial charge on any atom is -0.363 e. The fraction of sp³-hybridized carbons (Fsp3) is 0.629. The van der Waals surface area contributed by atoms with Gasteiger partial charge in [-0.1, -0.05) is 80.9 Å². The van der Waals surface area contributed by atoms with Crippen LogP contribution in [0.5, 0.6) is 0 Å². The van der Waals surface area contributed by atoms with Gasteiger partial charge in [-0.15, -0.1) is 0 Å². The standard InChI is InChI=1S/C35H50N6O7/c1-10-13-21(25(42)27(36)43)37-28(44)24-23-20(35(23,8)9)16-40(24)31(47)26(34(5,6)7)39-32(48)38-22(33(2,3)4)17-41-29(45)18-14-11-12-15-19(18)30(41)46/h11-12,14-15,20-24,26H,10,13,16-17H2,1-9H3,(H2,36,43)(H,37,44)(H2,38,39,48)/t20-,21?,22+,23-,24-,26+/m0/s1. The van der Waals surface area contributed by atoms with Gasteiger partial charge < -0.3 is 26.6 Å². The number of primary amides is 1. The molecule has 1 aromatic rings. The first-order chi connectivity index (χ1) is 22.1. The Morgan fingerprint density at radius 3 is 1.96 bits per heavy atom. The Morgan fingerprint density at radius 1 is 0.917 bits per heavy atom. The van der Waals surface area contributed by atoms with Crippen molar-refractivity contribution in [2.24, 2.45) is 33.8 Å². The van der Waals surface area contributed by atoms with Crippen molar-refractivity contribution in [2.75, 3.05) is 13.1 Å². The highest BCUT2D eigenvalue weighted by Crippen LogP contribution is 2.65. The average molecular weight is 667 g/mol. The number of fused-ring (bicyclic) bond motifs is 2. The molecule has 2 fully saturated rings. The van der Waals surface area contributed by atoms with Crippen LogP contribution in [0.15, 0.2) is 24.3 Å². The maximum absolute atomic E-state index is 14.3. The zero-order valence-corrected chi connectivity index (χ0v) is 29.4. The van der Waals surface area contributed by atoms with Crippen molar-refractivity contribution in [1.29, 1.82) is 0 Å². The summed E-state index contributed by atoms with van der Waals surface area (Å²) in [4.78, 5) is 94.6. The summed E-state index contributed by atoms with van der Waals surface area (Å²) in [5.74, 6) is -4.05. The number of Topliss-reactive ketones (excluding diaryl/α,β-unsaturated/α-hetero) is 1. The maximum atomic E-state index is 14.3. The molecule has 6 atom stereocenters. The summed E-state index contributed by atoms with van der Waals surface area (Å²) < 4.78 is 0. The molecule has 0 aromatic heterocycles. The Bertz CT molecular complexity index is 1490. The van der Waals surface area contributed by atoms with Gasteiger partial charge in [-0.25, -0.2) is 4.79 Å². The second-order valence-electron chi connectivity index (χ2n) is 16.1. The lowest BCUT2D eigenvalue weighted by Crippen LogP contribution is -2.62. The van der Waals surface area contributed by atoms with Gasteiger partial charge in [0, 0.05) is 6.54 Å². The van der Waals surface area contributed by atoms with Gasteiger partial charge in [-0.2, -0.15) is 0 Å². The lowest BCUT2D eigenvalue weighted by molar-refractivity contribution is -0.145. The molecule has 1 aliphatic carbocycles. The van der Waals surface area contributed by atoms with Gasteiger partial charge in [0.15, 0.2) is 0 Å². The Kier molecular flexibility index (Phi) is 9.87. The number of imide groups is 1. The fourth-order valence-electron chi connectivity index (χ4n) is 7.07. The summed E-state index contributed by atoms with van der Waals surface area (Å²) in [6, 6.07) is 2.15. The number of carbonyl (C=O) groups is 7. The van der Waals surface area contributed by atoms with E-state index in [0.717, 1.165) is 4.90 Å². The van der Waals surface area contributed by atoms with E-state index in [1.807, 2.05) is 41.5 Å². The van der Waals surface area contributed by atoms with Gasteiger partial charge in [-0.3, -0.25) is 33.7 Å². The molecule has 262 valence electrons. The van der Waals surface area contributed by atoms with Crippen molar-refractivity contribution >= 4 is 41.4 Å². The molecule has 1 saturated heterocycles. The van der Waals surface area contributed by atoms with E-state index in [4.69, 9.17) is 5.73 Å². The van der Waals surface area contributed by atoms with E-state index in [1.54, 1.807) is 45.0 Å². The number of amides is 7. The van der Waals surface area contributed by atoms with Gasteiger partial charge >= 0.3 is 6.03 Å². The summed E-state index contributed by atoms with van der Waals surface area (Å²) in [5, 5.41) is 8.42. The normalized spacial score (nSPS) is 23.1. The number of nitrogens with two attached hydrogens (primary N) is 1. The van der Waals surface area contributed by atoms with E-state index in [-0.39, 0.29) is 36.8 Å². The van der Waals surface area contributed by atoms with Crippen LogP contribution in [-0.2, 0) is 19.2 Å². The minimum atomic E-state index is -1.14. The highest BCUT2D eigenvalue weighted by molar-refractivity contribution is 6.37. The second-order valence-corrected chi connectivity index (χ2v) is 16.1. The van der Waals surface area contributed by atoms with Crippen LogP contribution in [0, 0.1) is 28.1 Å². The molecule has 2 aliphatic heterocycles. The molecule has 13 heteroatoms. The molecule has 4 rings (SSSR count).